The molecule has 0 saturated carbocycles. The number of hydrogen-bond donors (Lipinski definition) is 1. The van der Waals surface area contributed by atoms with Crippen LogP contribution >= 0.6 is 0 Å². The van der Waals surface area contributed by atoms with Gasteiger partial charge in [0.15, 0.2) is 5.82 Å². The molecule has 0 spiro atoms. The van der Waals surface area contributed by atoms with Gasteiger partial charge >= 0.3 is 0 Å². The van der Waals surface area contributed by atoms with Crippen LogP contribution in [0, 0.1) is 13.8 Å². The van der Waals surface area contributed by atoms with Gasteiger partial charge < -0.3 is 10.3 Å². The summed E-state index contributed by atoms with van der Waals surface area (Å²) in [4.78, 5) is 1.48. The van der Waals surface area contributed by atoms with Crippen molar-refractivity contribution in [2.24, 2.45) is 12.8 Å². The van der Waals surface area contributed by atoms with Crippen molar-refractivity contribution in [3.63, 3.8) is 0 Å². The minimum atomic E-state index is 0.561. The molecule has 0 bridgehead atoms. The van der Waals surface area contributed by atoms with Gasteiger partial charge in [-0.25, -0.2) is 0 Å². The minimum absolute atomic E-state index is 0.561. The van der Waals surface area contributed by atoms with E-state index in [4.69, 9.17) is 5.73 Å². The summed E-state index contributed by atoms with van der Waals surface area (Å²) in [5.41, 5.74) is 10.6. The van der Waals surface area contributed by atoms with Gasteiger partial charge in [0.05, 0.1) is 13.6 Å². The fourth-order valence-electron chi connectivity index (χ4n) is 2.56. The lowest BCUT2D eigenvalue weighted by Gasteiger charge is -2.05. The summed E-state index contributed by atoms with van der Waals surface area (Å²) < 4.78 is 2.22. The highest BCUT2D eigenvalue weighted by Crippen LogP contribution is 2.26. The van der Waals surface area contributed by atoms with Crippen LogP contribution in [0.25, 0.3) is 10.9 Å². The van der Waals surface area contributed by atoms with Crippen LogP contribution in [0.4, 0.5) is 0 Å². The van der Waals surface area contributed by atoms with Crippen molar-refractivity contribution in [1.82, 2.24) is 24.8 Å². The zero-order valence-corrected chi connectivity index (χ0v) is 12.0. The zero-order valence-electron chi connectivity index (χ0n) is 12.0. The van der Waals surface area contributed by atoms with Crippen LogP contribution in [-0.4, -0.2) is 24.8 Å². The molecule has 1 aromatic carbocycles. The summed E-state index contributed by atoms with van der Waals surface area (Å²) in [6.07, 6.45) is 0. The Labute approximate surface area is 117 Å². The van der Waals surface area contributed by atoms with Gasteiger partial charge in [0, 0.05) is 23.1 Å². The van der Waals surface area contributed by atoms with Gasteiger partial charge in [-0.2, -0.15) is 4.80 Å². The number of rotatable bonds is 3. The molecule has 0 amide bonds. The molecule has 0 radical (unpaired) electrons. The van der Waals surface area contributed by atoms with E-state index in [2.05, 4.69) is 52.0 Å². The molecule has 2 aromatic heterocycles. The lowest BCUT2D eigenvalue weighted by atomic mass is 10.1. The largest absolute Gasteiger partial charge is 0.337 e. The van der Waals surface area contributed by atoms with E-state index in [1.807, 2.05) is 0 Å². The molecular formula is C14H18N6. The normalized spacial score (nSPS) is 11.4. The Hall–Kier alpha value is -2.21. The predicted molar refractivity (Wildman–Crippen MR) is 77.2 cm³/mol. The van der Waals surface area contributed by atoms with Gasteiger partial charge in [-0.3, -0.25) is 0 Å². The van der Waals surface area contributed by atoms with Crippen molar-refractivity contribution in [2.45, 2.75) is 26.9 Å². The van der Waals surface area contributed by atoms with Crippen LogP contribution in [0.2, 0.25) is 0 Å². The molecule has 3 rings (SSSR count). The summed E-state index contributed by atoms with van der Waals surface area (Å²) in [5.74, 6) is 0.718. The fraction of sp³-hybridized carbons (Fsp3) is 0.357. The van der Waals surface area contributed by atoms with Gasteiger partial charge in [-0.15, -0.1) is 10.2 Å². The van der Waals surface area contributed by atoms with E-state index in [-0.39, 0.29) is 0 Å². The molecule has 2 heterocycles. The predicted octanol–water partition coefficient (Wildman–Crippen LogP) is 1.29. The van der Waals surface area contributed by atoms with Crippen LogP contribution < -0.4 is 5.73 Å². The summed E-state index contributed by atoms with van der Waals surface area (Å²) >= 11 is 0. The molecule has 0 aliphatic heterocycles. The highest BCUT2D eigenvalue weighted by molar-refractivity contribution is 5.86. The third kappa shape index (κ3) is 1.98. The van der Waals surface area contributed by atoms with Crippen LogP contribution in [0.5, 0.6) is 0 Å². The first-order valence-electron chi connectivity index (χ1n) is 6.61. The summed E-state index contributed by atoms with van der Waals surface area (Å²) in [6.45, 7) is 5.45. The Morgan fingerprint density at radius 1 is 1.25 bits per heavy atom. The van der Waals surface area contributed by atoms with E-state index in [0.717, 1.165) is 11.4 Å². The second kappa shape index (κ2) is 4.72. The van der Waals surface area contributed by atoms with Crippen molar-refractivity contribution in [3.8, 4) is 0 Å². The van der Waals surface area contributed by atoms with E-state index >= 15 is 0 Å². The molecule has 0 fully saturated rings. The first-order valence-corrected chi connectivity index (χ1v) is 6.61. The first kappa shape index (κ1) is 12.8. The molecule has 0 atom stereocenters. The number of fused-ring (bicyclic) bond motifs is 1. The number of aromatic nitrogens is 5. The third-order valence-electron chi connectivity index (χ3n) is 3.79. The van der Waals surface area contributed by atoms with Gasteiger partial charge in [-0.05, 0) is 42.3 Å². The molecule has 0 aliphatic rings. The van der Waals surface area contributed by atoms with Crippen molar-refractivity contribution in [3.05, 3.63) is 40.8 Å². The maximum absolute atomic E-state index is 5.72. The Morgan fingerprint density at radius 2 is 2.05 bits per heavy atom. The Kier molecular flexibility index (Phi) is 3.02. The average molecular weight is 270 g/mol. The summed E-state index contributed by atoms with van der Waals surface area (Å²) in [5, 5.41) is 13.4. The smallest absolute Gasteiger partial charge is 0.194 e. The molecule has 6 heteroatoms. The molecule has 0 aliphatic carbocycles. The van der Waals surface area contributed by atoms with Crippen molar-refractivity contribution in [1.29, 1.82) is 0 Å². The van der Waals surface area contributed by atoms with Gasteiger partial charge in [0.25, 0.3) is 0 Å². The van der Waals surface area contributed by atoms with Crippen molar-refractivity contribution < 1.29 is 0 Å². The SMILES string of the molecule is Cc1c(C)n(Cc2nnn(C)n2)c2ccc(CN)cc12. The highest BCUT2D eigenvalue weighted by atomic mass is 15.6. The summed E-state index contributed by atoms with van der Waals surface area (Å²) in [6, 6.07) is 6.36. The highest BCUT2D eigenvalue weighted by Gasteiger charge is 2.13. The zero-order chi connectivity index (χ0) is 14.3. The third-order valence-corrected chi connectivity index (χ3v) is 3.79. The minimum Gasteiger partial charge on any atom is -0.337 e. The lowest BCUT2D eigenvalue weighted by molar-refractivity contribution is 0.625. The Bertz CT molecular complexity index is 767. The topological polar surface area (TPSA) is 74.5 Å². The van der Waals surface area contributed by atoms with E-state index in [0.29, 0.717) is 13.1 Å². The number of nitrogens with zero attached hydrogens (tertiary/aromatic N) is 5. The molecule has 0 unspecified atom stereocenters. The molecular weight excluding hydrogens is 252 g/mol. The molecule has 104 valence electrons. The van der Waals surface area contributed by atoms with Gasteiger partial charge in [0.1, 0.15) is 0 Å². The quantitative estimate of drug-likeness (QED) is 0.778. The van der Waals surface area contributed by atoms with E-state index in [1.54, 1.807) is 7.05 Å². The van der Waals surface area contributed by atoms with Crippen molar-refractivity contribution in [2.75, 3.05) is 0 Å². The first-order chi connectivity index (χ1) is 9.60. The Morgan fingerprint density at radius 3 is 2.70 bits per heavy atom. The number of nitrogens with two attached hydrogens (primary N) is 1. The van der Waals surface area contributed by atoms with Crippen molar-refractivity contribution >= 4 is 10.9 Å². The molecule has 6 nitrogen and oxygen atoms in total. The van der Waals surface area contributed by atoms with E-state index in [1.165, 1.54) is 27.0 Å². The number of aryl methyl sites for hydroxylation is 2. The van der Waals surface area contributed by atoms with E-state index < -0.39 is 0 Å². The standard InChI is InChI=1S/C14H18N6/c1-9-10(2)20(8-14-16-18-19(3)17-14)13-5-4-11(7-15)6-12(9)13/h4-6H,7-8,15H2,1-3H3. The molecule has 2 N–H and O–H groups in total. The maximum Gasteiger partial charge on any atom is 0.194 e. The monoisotopic (exact) mass is 270 g/mol. The van der Waals surface area contributed by atoms with Gasteiger partial charge in [0.2, 0.25) is 0 Å². The maximum atomic E-state index is 5.72. The number of tetrazole rings is 1. The lowest BCUT2D eigenvalue weighted by Crippen LogP contribution is -2.04. The molecule has 20 heavy (non-hydrogen) atoms. The Balaban J connectivity index is 2.12. The van der Waals surface area contributed by atoms with Gasteiger partial charge in [-0.1, -0.05) is 6.07 Å². The van der Waals surface area contributed by atoms with Crippen LogP contribution in [0.1, 0.15) is 22.6 Å². The second-order valence-corrected chi connectivity index (χ2v) is 5.05. The van der Waals surface area contributed by atoms with E-state index in [9.17, 15) is 0 Å². The number of benzene rings is 1. The van der Waals surface area contributed by atoms with Crippen LogP contribution in [0.15, 0.2) is 18.2 Å². The fourth-order valence-corrected chi connectivity index (χ4v) is 2.56. The van der Waals surface area contributed by atoms with Crippen LogP contribution in [0.3, 0.4) is 0 Å². The number of hydrogen-bond acceptors (Lipinski definition) is 4. The summed E-state index contributed by atoms with van der Waals surface area (Å²) in [7, 11) is 1.77. The second-order valence-electron chi connectivity index (χ2n) is 5.05. The van der Waals surface area contributed by atoms with Crippen LogP contribution in [-0.2, 0) is 20.1 Å². The molecule has 3 aromatic rings. The molecule has 0 saturated heterocycles. The average Bonchev–Trinajstić information content (AvgIpc) is 2.96.